The van der Waals surface area contributed by atoms with Gasteiger partial charge in [0, 0.05) is 6.54 Å². The number of carbonyl (C=O) groups excluding carboxylic acids is 2. The third kappa shape index (κ3) is 3.73. The van der Waals surface area contributed by atoms with Crippen molar-refractivity contribution < 1.29 is 14.3 Å². The van der Waals surface area contributed by atoms with E-state index in [0.29, 0.717) is 18.1 Å². The second-order valence-electron chi connectivity index (χ2n) is 4.17. The summed E-state index contributed by atoms with van der Waals surface area (Å²) >= 11 is 5.42. The molecule has 1 aliphatic heterocycles. The molecule has 0 radical (unpaired) electrons. The summed E-state index contributed by atoms with van der Waals surface area (Å²) in [7, 11) is 0. The minimum absolute atomic E-state index is 0.205. The van der Waals surface area contributed by atoms with E-state index in [1.54, 1.807) is 13.0 Å². The summed E-state index contributed by atoms with van der Waals surface area (Å²) in [6.45, 7) is 4.75. The maximum atomic E-state index is 12.1. The van der Waals surface area contributed by atoms with Crippen LogP contribution < -0.4 is 4.74 Å². The quantitative estimate of drug-likeness (QED) is 0.430. The van der Waals surface area contributed by atoms with Crippen molar-refractivity contribution in [1.29, 1.82) is 0 Å². The standard InChI is InChI=1S/C14H13I2NO3S/c1-3-17-13(18)11(21-14(17)19)7-8-5-9(15)12(20-4-2)10(16)6-8/h5-7H,3-4H2,1-2H3/b11-7+. The molecule has 0 saturated carbocycles. The van der Waals surface area contributed by atoms with Gasteiger partial charge in [0.1, 0.15) is 5.75 Å². The molecule has 0 unspecified atom stereocenters. The molecule has 1 saturated heterocycles. The molecule has 1 aliphatic rings. The van der Waals surface area contributed by atoms with Crippen molar-refractivity contribution in [2.45, 2.75) is 13.8 Å². The summed E-state index contributed by atoms with van der Waals surface area (Å²) in [5.74, 6) is 0.643. The summed E-state index contributed by atoms with van der Waals surface area (Å²) in [6.07, 6.45) is 1.76. The van der Waals surface area contributed by atoms with Crippen LogP contribution in [0.5, 0.6) is 5.75 Å². The van der Waals surface area contributed by atoms with Gasteiger partial charge >= 0.3 is 0 Å². The number of nitrogens with zero attached hydrogens (tertiary/aromatic N) is 1. The lowest BCUT2D eigenvalue weighted by molar-refractivity contribution is -0.122. The number of rotatable bonds is 4. The molecule has 7 heteroatoms. The van der Waals surface area contributed by atoms with Crippen molar-refractivity contribution in [1.82, 2.24) is 4.90 Å². The van der Waals surface area contributed by atoms with Crippen LogP contribution >= 0.6 is 56.9 Å². The number of ether oxygens (including phenoxy) is 1. The number of imide groups is 1. The van der Waals surface area contributed by atoms with Gasteiger partial charge in [-0.3, -0.25) is 14.5 Å². The van der Waals surface area contributed by atoms with Gasteiger partial charge in [0.25, 0.3) is 11.1 Å². The fourth-order valence-corrected chi connectivity index (χ4v) is 4.90. The summed E-state index contributed by atoms with van der Waals surface area (Å²) < 4.78 is 7.57. The second-order valence-corrected chi connectivity index (χ2v) is 7.49. The van der Waals surface area contributed by atoms with E-state index in [1.807, 2.05) is 19.1 Å². The summed E-state index contributed by atoms with van der Waals surface area (Å²) in [5.41, 5.74) is 0.897. The molecule has 1 heterocycles. The van der Waals surface area contributed by atoms with E-state index < -0.39 is 0 Å². The van der Waals surface area contributed by atoms with Gasteiger partial charge in [-0.1, -0.05) is 0 Å². The molecule has 0 bridgehead atoms. The van der Waals surface area contributed by atoms with Crippen LogP contribution in [0.2, 0.25) is 0 Å². The molecule has 1 aromatic carbocycles. The van der Waals surface area contributed by atoms with E-state index in [0.717, 1.165) is 30.2 Å². The smallest absolute Gasteiger partial charge is 0.293 e. The first-order chi connectivity index (χ1) is 9.97. The van der Waals surface area contributed by atoms with Crippen molar-refractivity contribution in [3.8, 4) is 5.75 Å². The molecule has 0 spiro atoms. The molecule has 0 aliphatic carbocycles. The Balaban J connectivity index is 2.34. The maximum absolute atomic E-state index is 12.1. The van der Waals surface area contributed by atoms with Crippen molar-refractivity contribution in [3.63, 3.8) is 0 Å². The van der Waals surface area contributed by atoms with Crippen LogP contribution in [0.4, 0.5) is 4.79 Å². The average molecular weight is 529 g/mol. The topological polar surface area (TPSA) is 46.6 Å². The Kier molecular flexibility index (Phi) is 5.95. The van der Waals surface area contributed by atoms with Gasteiger partial charge in [0.05, 0.1) is 18.7 Å². The van der Waals surface area contributed by atoms with Crippen LogP contribution in [0, 0.1) is 7.14 Å². The molecule has 2 amide bonds. The number of benzene rings is 1. The Morgan fingerprint density at radius 3 is 2.33 bits per heavy atom. The monoisotopic (exact) mass is 529 g/mol. The van der Waals surface area contributed by atoms with E-state index in [2.05, 4.69) is 45.2 Å². The van der Waals surface area contributed by atoms with Crippen LogP contribution in [0.15, 0.2) is 17.0 Å². The van der Waals surface area contributed by atoms with E-state index >= 15 is 0 Å². The summed E-state index contributed by atoms with van der Waals surface area (Å²) in [5, 5.41) is -0.205. The minimum Gasteiger partial charge on any atom is -0.492 e. The van der Waals surface area contributed by atoms with Gasteiger partial charge in [0.2, 0.25) is 0 Å². The Morgan fingerprint density at radius 2 is 1.86 bits per heavy atom. The second kappa shape index (κ2) is 7.32. The van der Waals surface area contributed by atoms with Gasteiger partial charge in [-0.15, -0.1) is 0 Å². The van der Waals surface area contributed by atoms with Gasteiger partial charge in [0.15, 0.2) is 0 Å². The van der Waals surface area contributed by atoms with Crippen LogP contribution in [-0.4, -0.2) is 29.2 Å². The van der Waals surface area contributed by atoms with Gasteiger partial charge < -0.3 is 4.74 Å². The van der Waals surface area contributed by atoms with Gasteiger partial charge in [-0.25, -0.2) is 0 Å². The first-order valence-corrected chi connectivity index (χ1v) is 9.32. The molecule has 0 atom stereocenters. The van der Waals surface area contributed by atoms with Crippen molar-refractivity contribution in [3.05, 3.63) is 29.7 Å². The molecule has 0 aromatic heterocycles. The first-order valence-electron chi connectivity index (χ1n) is 6.35. The van der Waals surface area contributed by atoms with Crippen molar-refractivity contribution in [2.24, 2.45) is 0 Å². The summed E-state index contributed by atoms with van der Waals surface area (Å²) in [4.78, 5) is 25.5. The van der Waals surface area contributed by atoms with Crippen LogP contribution in [0.3, 0.4) is 0 Å². The highest BCUT2D eigenvalue weighted by Gasteiger charge is 2.33. The normalized spacial score (nSPS) is 17.0. The molecule has 0 N–H and O–H groups in total. The fraction of sp³-hybridized carbons (Fsp3) is 0.286. The zero-order chi connectivity index (χ0) is 15.6. The third-order valence-corrected chi connectivity index (χ3v) is 5.31. The van der Waals surface area contributed by atoms with Crippen LogP contribution in [0.1, 0.15) is 19.4 Å². The molecule has 1 aromatic rings. The van der Waals surface area contributed by atoms with Crippen LogP contribution in [-0.2, 0) is 4.79 Å². The number of carbonyl (C=O) groups is 2. The number of hydrogen-bond acceptors (Lipinski definition) is 4. The van der Waals surface area contributed by atoms with E-state index in [9.17, 15) is 9.59 Å². The van der Waals surface area contributed by atoms with Crippen molar-refractivity contribution in [2.75, 3.05) is 13.2 Å². The number of hydrogen-bond donors (Lipinski definition) is 0. The molecule has 4 nitrogen and oxygen atoms in total. The zero-order valence-electron chi connectivity index (χ0n) is 11.5. The molecular formula is C14H13I2NO3S. The third-order valence-electron chi connectivity index (χ3n) is 2.80. The maximum Gasteiger partial charge on any atom is 0.293 e. The average Bonchev–Trinajstić information content (AvgIpc) is 2.68. The molecule has 21 heavy (non-hydrogen) atoms. The Bertz CT molecular complexity index is 608. The zero-order valence-corrected chi connectivity index (χ0v) is 16.6. The molecule has 1 fully saturated rings. The number of likely N-dealkylation sites (N-methyl/N-ethyl adjacent to an activating group) is 1. The molecular weight excluding hydrogens is 516 g/mol. The van der Waals surface area contributed by atoms with Gasteiger partial charge in [-0.05, 0) is 94.6 Å². The highest BCUT2D eigenvalue weighted by molar-refractivity contribution is 14.1. The number of halogens is 2. The van der Waals surface area contributed by atoms with Crippen molar-refractivity contribution >= 4 is 74.2 Å². The lowest BCUT2D eigenvalue weighted by atomic mass is 10.2. The lowest BCUT2D eigenvalue weighted by Gasteiger charge is -2.10. The van der Waals surface area contributed by atoms with Crippen LogP contribution in [0.25, 0.3) is 6.08 Å². The minimum atomic E-state index is -0.216. The number of thioether (sulfide) groups is 1. The van der Waals surface area contributed by atoms with E-state index in [1.165, 1.54) is 4.90 Å². The molecule has 112 valence electrons. The predicted octanol–water partition coefficient (Wildman–Crippen LogP) is 4.35. The SMILES string of the molecule is CCOc1c(I)cc(/C=C2/SC(=O)N(CC)C2=O)cc1I. The predicted molar refractivity (Wildman–Crippen MR) is 101 cm³/mol. The lowest BCUT2D eigenvalue weighted by Crippen LogP contribution is -2.27. The summed E-state index contributed by atoms with van der Waals surface area (Å²) in [6, 6.07) is 3.90. The molecule has 2 rings (SSSR count). The Labute approximate surface area is 154 Å². The first kappa shape index (κ1) is 17.1. The fourth-order valence-electron chi connectivity index (χ4n) is 1.87. The van der Waals surface area contributed by atoms with E-state index in [4.69, 9.17) is 4.74 Å². The highest BCUT2D eigenvalue weighted by atomic mass is 127. The largest absolute Gasteiger partial charge is 0.492 e. The highest BCUT2D eigenvalue weighted by Crippen LogP contribution is 2.34. The Morgan fingerprint density at radius 1 is 1.24 bits per heavy atom. The number of amides is 2. The Hall–Kier alpha value is -0.290. The van der Waals surface area contributed by atoms with E-state index in [-0.39, 0.29) is 11.1 Å². The van der Waals surface area contributed by atoms with Gasteiger partial charge in [-0.2, -0.15) is 0 Å².